The summed E-state index contributed by atoms with van der Waals surface area (Å²) in [4.78, 5) is 19.5. The largest absolute Gasteiger partial charge is 0.478 e. The lowest BCUT2D eigenvalue weighted by Crippen LogP contribution is -2.17. The van der Waals surface area contributed by atoms with Crippen molar-refractivity contribution in [2.75, 3.05) is 13.2 Å². The highest BCUT2D eigenvalue weighted by Gasteiger charge is 2.24. The molecule has 0 amide bonds. The predicted octanol–water partition coefficient (Wildman–Crippen LogP) is 1.44. The molecular formula is C12H15N3O3. The SMILES string of the molecule is CCCOc1ccnc(C(C#N)C(=O)OCC)n1. The summed E-state index contributed by atoms with van der Waals surface area (Å²) in [6.45, 7) is 4.38. The lowest BCUT2D eigenvalue weighted by atomic mass is 10.1. The summed E-state index contributed by atoms with van der Waals surface area (Å²) < 4.78 is 10.1. The van der Waals surface area contributed by atoms with E-state index < -0.39 is 11.9 Å². The first-order valence-corrected chi connectivity index (χ1v) is 5.74. The molecule has 0 bridgehead atoms. The first-order valence-electron chi connectivity index (χ1n) is 5.74. The van der Waals surface area contributed by atoms with Crippen molar-refractivity contribution in [1.29, 1.82) is 5.26 Å². The molecule has 6 heteroatoms. The first kappa shape index (κ1) is 13.9. The van der Waals surface area contributed by atoms with Gasteiger partial charge in [0.2, 0.25) is 11.8 Å². The lowest BCUT2D eigenvalue weighted by Gasteiger charge is -2.08. The van der Waals surface area contributed by atoms with Crippen LogP contribution >= 0.6 is 0 Å². The third-order valence-electron chi connectivity index (χ3n) is 2.01. The average Bonchev–Trinajstić information content (AvgIpc) is 2.38. The Balaban J connectivity index is 2.86. The Kier molecular flexibility index (Phi) is 5.58. The quantitative estimate of drug-likeness (QED) is 0.709. The van der Waals surface area contributed by atoms with Gasteiger partial charge in [0, 0.05) is 12.3 Å². The van der Waals surface area contributed by atoms with Crippen LogP contribution < -0.4 is 4.74 Å². The van der Waals surface area contributed by atoms with Gasteiger partial charge in [-0.2, -0.15) is 10.2 Å². The molecule has 1 rings (SSSR count). The molecule has 0 aromatic carbocycles. The molecule has 0 fully saturated rings. The smallest absolute Gasteiger partial charge is 0.331 e. The van der Waals surface area contributed by atoms with Crippen LogP contribution in [0.3, 0.4) is 0 Å². The van der Waals surface area contributed by atoms with Crippen LogP contribution in [0.2, 0.25) is 0 Å². The monoisotopic (exact) mass is 249 g/mol. The number of rotatable bonds is 6. The molecular weight excluding hydrogens is 234 g/mol. The highest BCUT2D eigenvalue weighted by atomic mass is 16.5. The third kappa shape index (κ3) is 3.70. The fraction of sp³-hybridized carbons (Fsp3) is 0.500. The molecule has 0 aliphatic heterocycles. The van der Waals surface area contributed by atoms with Gasteiger partial charge in [0.1, 0.15) is 0 Å². The molecule has 0 saturated heterocycles. The van der Waals surface area contributed by atoms with E-state index in [1.165, 1.54) is 6.20 Å². The van der Waals surface area contributed by atoms with Crippen molar-refractivity contribution >= 4 is 5.97 Å². The van der Waals surface area contributed by atoms with Crippen molar-refractivity contribution in [3.05, 3.63) is 18.1 Å². The summed E-state index contributed by atoms with van der Waals surface area (Å²) in [5, 5.41) is 8.97. The van der Waals surface area contributed by atoms with E-state index in [4.69, 9.17) is 14.7 Å². The topological polar surface area (TPSA) is 85.1 Å². The van der Waals surface area contributed by atoms with Gasteiger partial charge in [-0.25, -0.2) is 4.98 Å². The highest BCUT2D eigenvalue weighted by Crippen LogP contribution is 2.15. The summed E-state index contributed by atoms with van der Waals surface area (Å²) in [6, 6.07) is 3.41. The maximum absolute atomic E-state index is 11.5. The standard InChI is InChI=1S/C12H15N3O3/c1-3-7-18-10-5-6-14-11(15-10)9(8-13)12(16)17-4-2/h5-6,9H,3-4,7H2,1-2H3. The van der Waals surface area contributed by atoms with Gasteiger partial charge in [-0.1, -0.05) is 6.92 Å². The molecule has 1 unspecified atom stereocenters. The minimum Gasteiger partial charge on any atom is -0.478 e. The zero-order chi connectivity index (χ0) is 13.4. The number of carbonyl (C=O) groups is 1. The Labute approximate surface area is 106 Å². The van der Waals surface area contributed by atoms with Crippen LogP contribution in [0, 0.1) is 11.3 Å². The molecule has 0 aliphatic carbocycles. The molecule has 1 atom stereocenters. The van der Waals surface area contributed by atoms with Gasteiger partial charge < -0.3 is 9.47 Å². The van der Waals surface area contributed by atoms with E-state index in [9.17, 15) is 4.79 Å². The predicted molar refractivity (Wildman–Crippen MR) is 62.8 cm³/mol. The van der Waals surface area contributed by atoms with E-state index in [0.29, 0.717) is 12.5 Å². The van der Waals surface area contributed by atoms with E-state index in [1.807, 2.05) is 13.0 Å². The van der Waals surface area contributed by atoms with Crippen LogP contribution in [0.4, 0.5) is 0 Å². The molecule has 0 N–H and O–H groups in total. The van der Waals surface area contributed by atoms with Gasteiger partial charge in [0.15, 0.2) is 5.82 Å². The van der Waals surface area contributed by atoms with Crippen LogP contribution in [0.25, 0.3) is 0 Å². The number of nitrogens with zero attached hydrogens (tertiary/aromatic N) is 3. The lowest BCUT2D eigenvalue weighted by molar-refractivity contribution is -0.143. The molecule has 0 saturated carbocycles. The van der Waals surface area contributed by atoms with Crippen LogP contribution in [0.5, 0.6) is 5.88 Å². The summed E-state index contributed by atoms with van der Waals surface area (Å²) in [5.74, 6) is -1.31. The zero-order valence-electron chi connectivity index (χ0n) is 10.4. The minimum atomic E-state index is -1.12. The molecule has 96 valence electrons. The molecule has 0 aliphatic rings. The summed E-state index contributed by atoms with van der Waals surface area (Å²) in [6.07, 6.45) is 2.30. The number of ether oxygens (including phenoxy) is 2. The fourth-order valence-electron chi connectivity index (χ4n) is 1.22. The number of aromatic nitrogens is 2. The minimum absolute atomic E-state index is 0.101. The van der Waals surface area contributed by atoms with Gasteiger partial charge >= 0.3 is 5.97 Å². The summed E-state index contributed by atoms with van der Waals surface area (Å²) >= 11 is 0. The van der Waals surface area contributed by atoms with Crippen molar-refractivity contribution in [1.82, 2.24) is 9.97 Å². The number of hydrogen-bond donors (Lipinski definition) is 0. The van der Waals surface area contributed by atoms with Crippen molar-refractivity contribution in [2.24, 2.45) is 0 Å². The fourth-order valence-corrected chi connectivity index (χ4v) is 1.22. The van der Waals surface area contributed by atoms with Gasteiger partial charge in [0.25, 0.3) is 0 Å². The first-order chi connectivity index (χ1) is 8.72. The Morgan fingerprint density at radius 3 is 2.94 bits per heavy atom. The molecule has 0 radical (unpaired) electrons. The van der Waals surface area contributed by atoms with E-state index in [1.54, 1.807) is 13.0 Å². The van der Waals surface area contributed by atoms with Gasteiger partial charge in [-0.05, 0) is 13.3 Å². The summed E-state index contributed by atoms with van der Waals surface area (Å²) in [5.41, 5.74) is 0. The molecule has 18 heavy (non-hydrogen) atoms. The van der Waals surface area contributed by atoms with E-state index in [0.717, 1.165) is 6.42 Å². The van der Waals surface area contributed by atoms with Gasteiger partial charge in [0.05, 0.1) is 19.3 Å². The molecule has 0 spiro atoms. The van der Waals surface area contributed by atoms with Crippen LogP contribution in [-0.2, 0) is 9.53 Å². The highest BCUT2D eigenvalue weighted by molar-refractivity contribution is 5.80. The normalized spacial score (nSPS) is 11.4. The Morgan fingerprint density at radius 1 is 1.56 bits per heavy atom. The second-order valence-electron chi connectivity index (χ2n) is 3.42. The van der Waals surface area contributed by atoms with E-state index in [-0.39, 0.29) is 12.4 Å². The summed E-state index contributed by atoms with van der Waals surface area (Å²) in [7, 11) is 0. The Morgan fingerprint density at radius 2 is 2.33 bits per heavy atom. The molecule has 1 aromatic heterocycles. The maximum Gasteiger partial charge on any atom is 0.331 e. The Hall–Kier alpha value is -2.16. The van der Waals surface area contributed by atoms with Crippen molar-refractivity contribution in [3.8, 4) is 11.9 Å². The van der Waals surface area contributed by atoms with E-state index >= 15 is 0 Å². The van der Waals surface area contributed by atoms with Crippen molar-refractivity contribution in [2.45, 2.75) is 26.2 Å². The third-order valence-corrected chi connectivity index (χ3v) is 2.01. The van der Waals surface area contributed by atoms with Crippen molar-refractivity contribution in [3.63, 3.8) is 0 Å². The van der Waals surface area contributed by atoms with Crippen LogP contribution in [0.15, 0.2) is 12.3 Å². The van der Waals surface area contributed by atoms with Gasteiger partial charge in [-0.15, -0.1) is 0 Å². The van der Waals surface area contributed by atoms with E-state index in [2.05, 4.69) is 9.97 Å². The zero-order valence-corrected chi connectivity index (χ0v) is 10.4. The average molecular weight is 249 g/mol. The van der Waals surface area contributed by atoms with Crippen LogP contribution in [-0.4, -0.2) is 29.2 Å². The number of hydrogen-bond acceptors (Lipinski definition) is 6. The number of carbonyl (C=O) groups excluding carboxylic acids is 1. The molecule has 1 heterocycles. The molecule has 6 nitrogen and oxygen atoms in total. The Bertz CT molecular complexity index is 442. The maximum atomic E-state index is 11.5. The number of nitriles is 1. The van der Waals surface area contributed by atoms with Gasteiger partial charge in [-0.3, -0.25) is 4.79 Å². The second-order valence-corrected chi connectivity index (χ2v) is 3.42. The molecule has 1 aromatic rings. The number of esters is 1. The van der Waals surface area contributed by atoms with Crippen LogP contribution in [0.1, 0.15) is 32.0 Å². The second kappa shape index (κ2) is 7.22. The van der Waals surface area contributed by atoms with Crippen molar-refractivity contribution < 1.29 is 14.3 Å².